The summed E-state index contributed by atoms with van der Waals surface area (Å²) >= 11 is 1.32. The Balaban J connectivity index is 1.78. The zero-order valence-corrected chi connectivity index (χ0v) is 16.4. The van der Waals surface area contributed by atoms with Crippen LogP contribution < -0.4 is 0 Å². The predicted octanol–water partition coefficient (Wildman–Crippen LogP) is 1.81. The third-order valence-corrected chi connectivity index (χ3v) is 5.52. The highest BCUT2D eigenvalue weighted by Gasteiger charge is 2.22. The molecule has 0 bridgehead atoms. The Hall–Kier alpha value is -3.41. The highest BCUT2D eigenvalue weighted by molar-refractivity contribution is 7.20. The Morgan fingerprint density at radius 1 is 1.32 bits per heavy atom. The van der Waals surface area contributed by atoms with Crippen LogP contribution in [-0.4, -0.2) is 59.2 Å². The molecule has 4 rings (SSSR count). The van der Waals surface area contributed by atoms with Crippen LogP contribution in [0.4, 0.5) is 5.69 Å². The summed E-state index contributed by atoms with van der Waals surface area (Å²) in [6.07, 6.45) is 2.91. The maximum Gasteiger partial charge on any atom is 0.309 e. The van der Waals surface area contributed by atoms with E-state index in [9.17, 15) is 14.9 Å². The van der Waals surface area contributed by atoms with Gasteiger partial charge in [-0.3, -0.25) is 19.6 Å². The molecule has 12 heteroatoms. The van der Waals surface area contributed by atoms with Gasteiger partial charge in [-0.1, -0.05) is 0 Å². The van der Waals surface area contributed by atoms with Gasteiger partial charge in [0.15, 0.2) is 11.5 Å². The van der Waals surface area contributed by atoms with Crippen LogP contribution in [0, 0.1) is 24.0 Å². The Bertz CT molecular complexity index is 1250. The molecular formula is C16H16N8O3S. The minimum Gasteiger partial charge on any atom is -0.344 e. The summed E-state index contributed by atoms with van der Waals surface area (Å²) in [5.74, 6) is 0.357. The van der Waals surface area contributed by atoms with E-state index in [1.54, 1.807) is 31.9 Å². The maximum absolute atomic E-state index is 12.4. The smallest absolute Gasteiger partial charge is 0.309 e. The summed E-state index contributed by atoms with van der Waals surface area (Å²) in [6.45, 7) is 3.63. The average molecular weight is 400 g/mol. The van der Waals surface area contributed by atoms with Gasteiger partial charge < -0.3 is 4.90 Å². The van der Waals surface area contributed by atoms with Gasteiger partial charge in [0, 0.05) is 14.1 Å². The molecule has 0 saturated carbocycles. The van der Waals surface area contributed by atoms with Crippen molar-refractivity contribution in [3.8, 4) is 0 Å². The number of nitrogens with zero attached hydrogens (tertiary/aromatic N) is 8. The summed E-state index contributed by atoms with van der Waals surface area (Å²) in [5.41, 5.74) is 1.68. The van der Waals surface area contributed by atoms with Crippen molar-refractivity contribution in [1.29, 1.82) is 0 Å². The topological polar surface area (TPSA) is 124 Å². The van der Waals surface area contributed by atoms with Crippen molar-refractivity contribution in [2.75, 3.05) is 14.1 Å². The van der Waals surface area contributed by atoms with Gasteiger partial charge in [0.05, 0.1) is 15.2 Å². The van der Waals surface area contributed by atoms with E-state index in [0.717, 1.165) is 10.9 Å². The lowest BCUT2D eigenvalue weighted by Gasteiger charge is -2.08. The van der Waals surface area contributed by atoms with Crippen molar-refractivity contribution >= 4 is 38.8 Å². The number of hydrogen-bond acceptors (Lipinski definition) is 8. The second-order valence-electron chi connectivity index (χ2n) is 6.53. The monoisotopic (exact) mass is 400 g/mol. The van der Waals surface area contributed by atoms with E-state index in [1.165, 1.54) is 27.1 Å². The highest BCUT2D eigenvalue weighted by Crippen LogP contribution is 2.32. The first-order valence-corrected chi connectivity index (χ1v) is 9.11. The van der Waals surface area contributed by atoms with Crippen LogP contribution in [0.25, 0.3) is 15.9 Å². The molecule has 4 aromatic heterocycles. The fourth-order valence-corrected chi connectivity index (χ4v) is 4.13. The quantitative estimate of drug-likeness (QED) is 0.378. The van der Waals surface area contributed by atoms with Gasteiger partial charge in [-0.2, -0.15) is 5.10 Å². The molecular weight excluding hydrogens is 384 g/mol. The molecule has 0 unspecified atom stereocenters. The van der Waals surface area contributed by atoms with Gasteiger partial charge in [-0.05, 0) is 19.4 Å². The third-order valence-electron chi connectivity index (χ3n) is 4.33. The summed E-state index contributed by atoms with van der Waals surface area (Å²) < 4.78 is 2.99. The van der Waals surface area contributed by atoms with E-state index < -0.39 is 4.92 Å². The van der Waals surface area contributed by atoms with Gasteiger partial charge in [0.1, 0.15) is 29.6 Å². The van der Waals surface area contributed by atoms with Crippen LogP contribution in [0.5, 0.6) is 0 Å². The molecule has 4 aromatic rings. The molecule has 0 saturated heterocycles. The van der Waals surface area contributed by atoms with Crippen LogP contribution >= 0.6 is 11.3 Å². The number of nitro groups is 1. The largest absolute Gasteiger partial charge is 0.344 e. The average Bonchev–Trinajstić information content (AvgIpc) is 3.29. The van der Waals surface area contributed by atoms with E-state index in [-0.39, 0.29) is 18.1 Å². The Labute approximate surface area is 162 Å². The van der Waals surface area contributed by atoms with Crippen molar-refractivity contribution < 1.29 is 9.72 Å². The molecule has 144 valence electrons. The molecule has 1 amide bonds. The zero-order chi connectivity index (χ0) is 20.2. The summed E-state index contributed by atoms with van der Waals surface area (Å²) in [6, 6.07) is 0. The Morgan fingerprint density at radius 3 is 2.71 bits per heavy atom. The van der Waals surface area contributed by atoms with Crippen molar-refractivity contribution in [2.45, 2.75) is 20.4 Å². The standard InChI is InChI=1S/C16H16N8O3S/c1-8-12-14-18-11(6-22-5-10(24(26)27)9(2)19-22)20-23(14)7-17-15(12)28-13(8)16(25)21(3)4/h5,7H,6H2,1-4H3. The molecule has 0 atom stereocenters. The van der Waals surface area contributed by atoms with Crippen molar-refractivity contribution in [3.05, 3.63) is 44.6 Å². The van der Waals surface area contributed by atoms with Crippen LogP contribution in [0.1, 0.15) is 26.8 Å². The zero-order valence-electron chi connectivity index (χ0n) is 15.6. The second kappa shape index (κ2) is 6.34. The van der Waals surface area contributed by atoms with Crippen molar-refractivity contribution in [1.82, 2.24) is 34.3 Å². The van der Waals surface area contributed by atoms with Gasteiger partial charge in [-0.25, -0.2) is 14.5 Å². The fourth-order valence-electron chi connectivity index (χ4n) is 2.96. The number of carbonyl (C=O) groups excluding carboxylic acids is 1. The van der Waals surface area contributed by atoms with Gasteiger partial charge in [-0.15, -0.1) is 16.4 Å². The van der Waals surface area contributed by atoms with E-state index >= 15 is 0 Å². The molecule has 0 fully saturated rings. The summed E-state index contributed by atoms with van der Waals surface area (Å²) in [5, 5.41) is 20.3. The first-order chi connectivity index (χ1) is 13.3. The fraction of sp³-hybridized carbons (Fsp3) is 0.312. The lowest BCUT2D eigenvalue weighted by atomic mass is 10.2. The first-order valence-electron chi connectivity index (χ1n) is 8.29. The lowest BCUT2D eigenvalue weighted by molar-refractivity contribution is -0.385. The van der Waals surface area contributed by atoms with Crippen molar-refractivity contribution in [2.24, 2.45) is 0 Å². The van der Waals surface area contributed by atoms with Gasteiger partial charge >= 0.3 is 5.69 Å². The molecule has 11 nitrogen and oxygen atoms in total. The van der Waals surface area contributed by atoms with E-state index in [0.29, 0.717) is 26.9 Å². The Morgan fingerprint density at radius 2 is 2.07 bits per heavy atom. The number of carbonyl (C=O) groups is 1. The number of amides is 1. The summed E-state index contributed by atoms with van der Waals surface area (Å²) in [4.78, 5) is 34.7. The van der Waals surface area contributed by atoms with Gasteiger partial charge in [0.2, 0.25) is 0 Å². The number of rotatable bonds is 4. The number of thiophene rings is 1. The minimum absolute atomic E-state index is 0.0478. The van der Waals surface area contributed by atoms with Gasteiger partial charge in [0.25, 0.3) is 5.91 Å². The number of aromatic nitrogens is 6. The van der Waals surface area contributed by atoms with E-state index in [2.05, 4.69) is 20.2 Å². The third kappa shape index (κ3) is 2.78. The van der Waals surface area contributed by atoms with E-state index in [1.807, 2.05) is 6.92 Å². The molecule has 0 spiro atoms. The second-order valence-corrected chi connectivity index (χ2v) is 7.53. The molecule has 0 N–H and O–H groups in total. The first kappa shape index (κ1) is 18.0. The summed E-state index contributed by atoms with van der Waals surface area (Å²) in [7, 11) is 3.41. The number of hydrogen-bond donors (Lipinski definition) is 0. The number of aryl methyl sites for hydroxylation is 2. The lowest BCUT2D eigenvalue weighted by Crippen LogP contribution is -2.21. The molecule has 0 aliphatic rings. The maximum atomic E-state index is 12.4. The SMILES string of the molecule is Cc1nn(Cc2nc3c4c(C)c(C(=O)N(C)C)sc4ncn3n2)cc1[N+](=O)[O-]. The Kier molecular flexibility index (Phi) is 4.07. The van der Waals surface area contributed by atoms with Crippen LogP contribution in [0.15, 0.2) is 12.5 Å². The highest BCUT2D eigenvalue weighted by atomic mass is 32.1. The van der Waals surface area contributed by atoms with E-state index in [4.69, 9.17) is 0 Å². The van der Waals surface area contributed by atoms with Crippen LogP contribution in [-0.2, 0) is 6.54 Å². The molecule has 0 aliphatic heterocycles. The van der Waals surface area contributed by atoms with Crippen molar-refractivity contribution in [3.63, 3.8) is 0 Å². The normalized spacial score (nSPS) is 11.4. The van der Waals surface area contributed by atoms with Crippen LogP contribution in [0.3, 0.4) is 0 Å². The number of fused-ring (bicyclic) bond motifs is 3. The molecule has 28 heavy (non-hydrogen) atoms. The molecule has 0 radical (unpaired) electrons. The van der Waals surface area contributed by atoms with Crippen LogP contribution in [0.2, 0.25) is 0 Å². The minimum atomic E-state index is -0.471. The molecule has 4 heterocycles. The molecule has 0 aliphatic carbocycles. The molecule has 0 aromatic carbocycles. The predicted molar refractivity (Wildman–Crippen MR) is 102 cm³/mol.